The molecule has 0 amide bonds. The molecule has 8 heteroatoms. The minimum atomic E-state index is -0.927. The van der Waals surface area contributed by atoms with Gasteiger partial charge in [0.05, 0.1) is 6.26 Å². The van der Waals surface area contributed by atoms with Gasteiger partial charge in [0, 0.05) is 23.5 Å². The Hall–Kier alpha value is -3.29. The van der Waals surface area contributed by atoms with Gasteiger partial charge in [-0.25, -0.2) is 13.8 Å². The Labute approximate surface area is 147 Å². The first-order valence-corrected chi connectivity index (χ1v) is 8.16. The lowest BCUT2D eigenvalue weighted by molar-refractivity contribution is 0.509. The van der Waals surface area contributed by atoms with Gasteiger partial charge in [-0.1, -0.05) is 13.3 Å². The van der Waals surface area contributed by atoms with Crippen molar-refractivity contribution in [1.82, 2.24) is 19.6 Å². The van der Waals surface area contributed by atoms with Crippen molar-refractivity contribution < 1.29 is 13.2 Å². The zero-order valence-corrected chi connectivity index (χ0v) is 13.9. The average Bonchev–Trinajstić information content (AvgIpc) is 3.27. The van der Waals surface area contributed by atoms with E-state index in [0.29, 0.717) is 28.9 Å². The molecular weight excluding hydrogens is 340 g/mol. The van der Waals surface area contributed by atoms with E-state index < -0.39 is 11.6 Å². The molecule has 3 heterocycles. The van der Waals surface area contributed by atoms with Crippen molar-refractivity contribution in [2.45, 2.75) is 19.8 Å². The fourth-order valence-corrected chi connectivity index (χ4v) is 2.62. The maximum absolute atomic E-state index is 13.5. The van der Waals surface area contributed by atoms with Gasteiger partial charge in [0.1, 0.15) is 5.82 Å². The molecule has 0 radical (unpaired) electrons. The summed E-state index contributed by atoms with van der Waals surface area (Å²) in [5.41, 5.74) is 1.22. The van der Waals surface area contributed by atoms with Crippen LogP contribution in [0, 0.1) is 11.6 Å². The van der Waals surface area contributed by atoms with Crippen molar-refractivity contribution in [3.05, 3.63) is 60.0 Å². The molecule has 26 heavy (non-hydrogen) atoms. The summed E-state index contributed by atoms with van der Waals surface area (Å²) in [4.78, 5) is 8.91. The molecule has 4 aromatic rings. The smallest absolute Gasteiger partial charge is 0.255 e. The van der Waals surface area contributed by atoms with E-state index in [2.05, 4.69) is 20.4 Å². The summed E-state index contributed by atoms with van der Waals surface area (Å²) in [5.74, 6) is 0.0323. The van der Waals surface area contributed by atoms with E-state index >= 15 is 0 Å². The SMILES string of the molecule is CCCc1cc(Nc2ccc(F)c(F)c2)n2nc(-c3ccco3)nc2n1. The van der Waals surface area contributed by atoms with Crippen LogP contribution in [0.2, 0.25) is 0 Å². The molecule has 1 N–H and O–H groups in total. The lowest BCUT2D eigenvalue weighted by atomic mass is 10.2. The fraction of sp³-hybridized carbons (Fsp3) is 0.167. The standard InChI is InChI=1S/C18H15F2N5O/c1-2-4-11-10-16(21-12-6-7-13(19)14(20)9-12)25-18(22-11)23-17(24-25)15-5-3-8-26-15/h3,5-10,21H,2,4H2,1H3. The van der Waals surface area contributed by atoms with E-state index in [1.54, 1.807) is 12.1 Å². The summed E-state index contributed by atoms with van der Waals surface area (Å²) in [6, 6.07) is 8.93. The number of aryl methyl sites for hydroxylation is 1. The highest BCUT2D eigenvalue weighted by molar-refractivity contribution is 5.60. The van der Waals surface area contributed by atoms with E-state index in [1.807, 2.05) is 13.0 Å². The summed E-state index contributed by atoms with van der Waals surface area (Å²) >= 11 is 0. The number of rotatable bonds is 5. The van der Waals surface area contributed by atoms with Gasteiger partial charge in [0.2, 0.25) is 5.82 Å². The van der Waals surface area contributed by atoms with Crippen LogP contribution in [-0.2, 0) is 6.42 Å². The molecule has 4 rings (SSSR count). The van der Waals surface area contributed by atoms with E-state index in [-0.39, 0.29) is 0 Å². The topological polar surface area (TPSA) is 68.2 Å². The Balaban J connectivity index is 1.81. The number of aromatic nitrogens is 4. The number of hydrogen-bond donors (Lipinski definition) is 1. The van der Waals surface area contributed by atoms with Crippen molar-refractivity contribution in [3.63, 3.8) is 0 Å². The van der Waals surface area contributed by atoms with Crippen molar-refractivity contribution in [2.24, 2.45) is 0 Å². The largest absolute Gasteiger partial charge is 0.461 e. The lowest BCUT2D eigenvalue weighted by Gasteiger charge is -2.10. The summed E-state index contributed by atoms with van der Waals surface area (Å²) < 4.78 is 33.5. The first-order chi connectivity index (χ1) is 12.6. The van der Waals surface area contributed by atoms with Crippen LogP contribution in [0.5, 0.6) is 0 Å². The molecule has 0 fully saturated rings. The highest BCUT2D eigenvalue weighted by atomic mass is 19.2. The fourth-order valence-electron chi connectivity index (χ4n) is 2.62. The lowest BCUT2D eigenvalue weighted by Crippen LogP contribution is -2.04. The molecule has 6 nitrogen and oxygen atoms in total. The van der Waals surface area contributed by atoms with E-state index in [0.717, 1.165) is 30.7 Å². The Morgan fingerprint density at radius 3 is 2.73 bits per heavy atom. The zero-order valence-electron chi connectivity index (χ0n) is 13.9. The average molecular weight is 355 g/mol. The van der Waals surface area contributed by atoms with Crippen LogP contribution in [0.25, 0.3) is 17.4 Å². The van der Waals surface area contributed by atoms with Crippen molar-refractivity contribution in [3.8, 4) is 11.6 Å². The van der Waals surface area contributed by atoms with Gasteiger partial charge >= 0.3 is 0 Å². The van der Waals surface area contributed by atoms with Crippen LogP contribution in [0.4, 0.5) is 20.3 Å². The molecule has 0 aliphatic heterocycles. The third kappa shape index (κ3) is 3.01. The first kappa shape index (κ1) is 16.2. The van der Waals surface area contributed by atoms with Crippen LogP contribution in [0.1, 0.15) is 19.0 Å². The van der Waals surface area contributed by atoms with Gasteiger partial charge in [-0.3, -0.25) is 0 Å². The number of furan rings is 1. The van der Waals surface area contributed by atoms with E-state index in [4.69, 9.17) is 4.42 Å². The molecule has 0 unspecified atom stereocenters. The Morgan fingerprint density at radius 1 is 1.12 bits per heavy atom. The van der Waals surface area contributed by atoms with Gasteiger partial charge in [-0.2, -0.15) is 9.50 Å². The second-order valence-electron chi connectivity index (χ2n) is 5.76. The third-order valence-corrected chi connectivity index (χ3v) is 3.80. The molecule has 0 saturated heterocycles. The molecule has 1 aromatic carbocycles. The van der Waals surface area contributed by atoms with Crippen molar-refractivity contribution in [1.29, 1.82) is 0 Å². The molecule has 0 bridgehead atoms. The number of hydrogen-bond acceptors (Lipinski definition) is 5. The summed E-state index contributed by atoms with van der Waals surface area (Å²) in [6.45, 7) is 2.05. The quantitative estimate of drug-likeness (QED) is 0.576. The predicted octanol–water partition coefficient (Wildman–Crippen LogP) is 4.36. The van der Waals surface area contributed by atoms with Crippen LogP contribution < -0.4 is 5.32 Å². The van der Waals surface area contributed by atoms with Crippen LogP contribution in [0.15, 0.2) is 47.1 Å². The van der Waals surface area contributed by atoms with Crippen LogP contribution >= 0.6 is 0 Å². The van der Waals surface area contributed by atoms with E-state index in [9.17, 15) is 8.78 Å². The van der Waals surface area contributed by atoms with Gasteiger partial charge in [0.15, 0.2) is 17.4 Å². The molecule has 3 aromatic heterocycles. The molecule has 0 aliphatic rings. The minimum Gasteiger partial charge on any atom is -0.461 e. The molecule has 132 valence electrons. The summed E-state index contributed by atoms with van der Waals surface area (Å²) in [6.07, 6.45) is 3.20. The van der Waals surface area contributed by atoms with Gasteiger partial charge in [-0.15, -0.1) is 5.10 Å². The van der Waals surface area contributed by atoms with Gasteiger partial charge in [-0.05, 0) is 30.7 Å². The number of nitrogens with zero attached hydrogens (tertiary/aromatic N) is 4. The second-order valence-corrected chi connectivity index (χ2v) is 5.76. The minimum absolute atomic E-state index is 0.393. The maximum atomic E-state index is 13.5. The van der Waals surface area contributed by atoms with Crippen molar-refractivity contribution in [2.75, 3.05) is 5.32 Å². The monoisotopic (exact) mass is 355 g/mol. The third-order valence-electron chi connectivity index (χ3n) is 3.80. The first-order valence-electron chi connectivity index (χ1n) is 8.16. The highest BCUT2D eigenvalue weighted by Crippen LogP contribution is 2.23. The van der Waals surface area contributed by atoms with Gasteiger partial charge in [0.25, 0.3) is 5.78 Å². The highest BCUT2D eigenvalue weighted by Gasteiger charge is 2.14. The van der Waals surface area contributed by atoms with Crippen LogP contribution in [0.3, 0.4) is 0 Å². The Bertz CT molecular complexity index is 1060. The molecule has 0 spiro atoms. The number of fused-ring (bicyclic) bond motifs is 1. The van der Waals surface area contributed by atoms with Crippen LogP contribution in [-0.4, -0.2) is 19.6 Å². The molecule has 0 aliphatic carbocycles. The number of halogens is 2. The second kappa shape index (κ2) is 6.55. The Kier molecular flexibility index (Phi) is 4.08. The summed E-state index contributed by atoms with van der Waals surface area (Å²) in [7, 11) is 0. The van der Waals surface area contributed by atoms with Gasteiger partial charge < -0.3 is 9.73 Å². The van der Waals surface area contributed by atoms with E-state index in [1.165, 1.54) is 16.8 Å². The number of nitrogens with one attached hydrogen (secondary N) is 1. The van der Waals surface area contributed by atoms with Crippen molar-refractivity contribution >= 4 is 17.3 Å². The normalized spacial score (nSPS) is 11.2. The zero-order chi connectivity index (χ0) is 18.1. The predicted molar refractivity (Wildman–Crippen MR) is 92.1 cm³/mol. The number of benzene rings is 1. The molecular formula is C18H15F2N5O. The number of anilines is 2. The summed E-state index contributed by atoms with van der Waals surface area (Å²) in [5, 5.41) is 7.47. The Morgan fingerprint density at radius 2 is 2.00 bits per heavy atom. The molecule has 0 atom stereocenters. The molecule has 0 saturated carbocycles. The maximum Gasteiger partial charge on any atom is 0.255 e.